The Morgan fingerprint density at radius 3 is 2.77 bits per heavy atom. The lowest BCUT2D eigenvalue weighted by atomic mass is 10.2. The number of ether oxygens (including phenoxy) is 1. The lowest BCUT2D eigenvalue weighted by Gasteiger charge is -2.20. The van der Waals surface area contributed by atoms with Crippen LogP contribution >= 0.6 is 0 Å². The number of likely N-dealkylation sites (N-methyl/N-ethyl adjacent to an activating group) is 1. The number of hydrogen-bond acceptors (Lipinski definition) is 5. The van der Waals surface area contributed by atoms with Gasteiger partial charge in [-0.2, -0.15) is 0 Å². The van der Waals surface area contributed by atoms with E-state index in [2.05, 4.69) is 15.2 Å². The van der Waals surface area contributed by atoms with Crippen LogP contribution in [0.25, 0.3) is 10.9 Å². The molecule has 0 amide bonds. The zero-order valence-corrected chi connectivity index (χ0v) is 13.7. The molecule has 0 saturated heterocycles. The molecular weight excluding hydrogens is 280 g/mol. The second-order valence-corrected chi connectivity index (χ2v) is 5.66. The van der Waals surface area contributed by atoms with E-state index in [-0.39, 0.29) is 11.6 Å². The van der Waals surface area contributed by atoms with Crippen molar-refractivity contribution in [2.24, 2.45) is 0 Å². The summed E-state index contributed by atoms with van der Waals surface area (Å²) >= 11 is 0. The van der Waals surface area contributed by atoms with E-state index in [1.165, 1.54) is 0 Å². The van der Waals surface area contributed by atoms with Crippen LogP contribution in [0.1, 0.15) is 13.0 Å². The minimum atomic E-state index is -0.0866. The van der Waals surface area contributed by atoms with Gasteiger partial charge in [-0.1, -0.05) is 12.1 Å². The van der Waals surface area contributed by atoms with Crippen molar-refractivity contribution in [1.82, 2.24) is 14.5 Å². The van der Waals surface area contributed by atoms with Gasteiger partial charge in [0.05, 0.1) is 23.6 Å². The summed E-state index contributed by atoms with van der Waals surface area (Å²) < 4.78 is 6.88. The summed E-state index contributed by atoms with van der Waals surface area (Å²) in [5.74, 6) is 0.593. The van der Waals surface area contributed by atoms with Gasteiger partial charge in [0, 0.05) is 20.2 Å². The summed E-state index contributed by atoms with van der Waals surface area (Å²) in [6.07, 6.45) is 0. The number of methoxy groups -OCH3 is 1. The number of aromatic nitrogens is 2. The van der Waals surface area contributed by atoms with Crippen molar-refractivity contribution < 1.29 is 4.74 Å². The van der Waals surface area contributed by atoms with Gasteiger partial charge < -0.3 is 15.0 Å². The molecular formula is C16H24N4O2. The van der Waals surface area contributed by atoms with Gasteiger partial charge in [-0.3, -0.25) is 9.36 Å². The van der Waals surface area contributed by atoms with Crippen LogP contribution in [0.5, 0.6) is 0 Å². The number of benzene rings is 1. The molecule has 0 fully saturated rings. The molecule has 6 heteroatoms. The van der Waals surface area contributed by atoms with Crippen LogP contribution in [0.2, 0.25) is 0 Å². The van der Waals surface area contributed by atoms with Crippen LogP contribution in [0, 0.1) is 0 Å². The van der Waals surface area contributed by atoms with E-state index >= 15 is 0 Å². The minimum Gasteiger partial charge on any atom is -0.383 e. The third-order valence-electron chi connectivity index (χ3n) is 3.50. The maximum absolute atomic E-state index is 12.8. The molecule has 0 aliphatic carbocycles. The molecule has 0 unspecified atom stereocenters. The highest BCUT2D eigenvalue weighted by atomic mass is 16.5. The molecule has 22 heavy (non-hydrogen) atoms. The average molecular weight is 304 g/mol. The SMILES string of the molecule is COC[C@H](C)n1c(NCCN(C)C)nc2ccccc2c1=O. The van der Waals surface area contributed by atoms with Crippen molar-refractivity contribution in [1.29, 1.82) is 0 Å². The molecule has 0 aliphatic heterocycles. The van der Waals surface area contributed by atoms with Crippen molar-refractivity contribution in [3.05, 3.63) is 34.6 Å². The van der Waals surface area contributed by atoms with E-state index in [4.69, 9.17) is 4.74 Å². The van der Waals surface area contributed by atoms with E-state index in [9.17, 15) is 4.79 Å². The van der Waals surface area contributed by atoms with Gasteiger partial charge >= 0.3 is 0 Å². The van der Waals surface area contributed by atoms with Crippen LogP contribution in [-0.4, -0.2) is 55.4 Å². The second-order valence-electron chi connectivity index (χ2n) is 5.66. The largest absolute Gasteiger partial charge is 0.383 e. The van der Waals surface area contributed by atoms with Crippen LogP contribution < -0.4 is 10.9 Å². The van der Waals surface area contributed by atoms with Crippen molar-refractivity contribution in [3.8, 4) is 0 Å². The summed E-state index contributed by atoms with van der Waals surface area (Å²) in [4.78, 5) is 19.5. The Morgan fingerprint density at radius 2 is 2.09 bits per heavy atom. The highest BCUT2D eigenvalue weighted by Crippen LogP contribution is 2.15. The summed E-state index contributed by atoms with van der Waals surface area (Å²) in [5, 5.41) is 3.90. The lowest BCUT2D eigenvalue weighted by molar-refractivity contribution is 0.161. The Bertz CT molecular complexity index is 681. The highest BCUT2D eigenvalue weighted by Gasteiger charge is 2.15. The number of para-hydroxylation sites is 1. The standard InChI is InChI=1S/C16H24N4O2/c1-12(11-22-4)20-15(21)13-7-5-6-8-14(13)18-16(20)17-9-10-19(2)3/h5-8,12H,9-11H2,1-4H3,(H,17,18)/t12-/m0/s1. The van der Waals surface area contributed by atoms with Crippen molar-refractivity contribution in [3.63, 3.8) is 0 Å². The number of hydrogen-bond donors (Lipinski definition) is 1. The Hall–Kier alpha value is -1.92. The fourth-order valence-electron chi connectivity index (χ4n) is 2.39. The highest BCUT2D eigenvalue weighted by molar-refractivity contribution is 5.78. The van der Waals surface area contributed by atoms with Crippen molar-refractivity contribution in [2.75, 3.05) is 46.2 Å². The maximum atomic E-state index is 12.8. The quantitative estimate of drug-likeness (QED) is 0.841. The van der Waals surface area contributed by atoms with Crippen LogP contribution in [0.15, 0.2) is 29.1 Å². The number of fused-ring (bicyclic) bond motifs is 1. The molecule has 1 N–H and O–H groups in total. The Balaban J connectivity index is 2.46. The Morgan fingerprint density at radius 1 is 1.36 bits per heavy atom. The van der Waals surface area contributed by atoms with Gasteiger partial charge in [-0.05, 0) is 33.2 Å². The minimum absolute atomic E-state index is 0.0393. The van der Waals surface area contributed by atoms with E-state index in [0.717, 1.165) is 13.1 Å². The van der Waals surface area contributed by atoms with Gasteiger partial charge in [-0.25, -0.2) is 4.98 Å². The van der Waals surface area contributed by atoms with Gasteiger partial charge in [0.15, 0.2) is 0 Å². The van der Waals surface area contributed by atoms with Crippen LogP contribution in [0.4, 0.5) is 5.95 Å². The number of anilines is 1. The topological polar surface area (TPSA) is 59.4 Å². The van der Waals surface area contributed by atoms with E-state index in [1.54, 1.807) is 11.7 Å². The molecule has 6 nitrogen and oxygen atoms in total. The van der Waals surface area contributed by atoms with Crippen LogP contribution in [-0.2, 0) is 4.74 Å². The summed E-state index contributed by atoms with van der Waals surface area (Å²) in [7, 11) is 5.65. The van der Waals surface area contributed by atoms with Crippen LogP contribution in [0.3, 0.4) is 0 Å². The smallest absolute Gasteiger partial charge is 0.263 e. The maximum Gasteiger partial charge on any atom is 0.263 e. The van der Waals surface area contributed by atoms with Gasteiger partial charge in [-0.15, -0.1) is 0 Å². The zero-order valence-electron chi connectivity index (χ0n) is 13.7. The summed E-state index contributed by atoms with van der Waals surface area (Å²) in [6, 6.07) is 7.33. The predicted molar refractivity (Wildman–Crippen MR) is 89.6 cm³/mol. The summed E-state index contributed by atoms with van der Waals surface area (Å²) in [6.45, 7) is 4.00. The molecule has 0 bridgehead atoms. The monoisotopic (exact) mass is 304 g/mol. The first kappa shape index (κ1) is 16.5. The fraction of sp³-hybridized carbons (Fsp3) is 0.500. The second kappa shape index (κ2) is 7.38. The van der Waals surface area contributed by atoms with E-state index < -0.39 is 0 Å². The zero-order chi connectivity index (χ0) is 16.1. The fourth-order valence-corrected chi connectivity index (χ4v) is 2.39. The molecule has 120 valence electrons. The van der Waals surface area contributed by atoms with Crippen molar-refractivity contribution >= 4 is 16.9 Å². The van der Waals surface area contributed by atoms with Gasteiger partial charge in [0.2, 0.25) is 5.95 Å². The lowest BCUT2D eigenvalue weighted by Crippen LogP contribution is -2.31. The van der Waals surface area contributed by atoms with Gasteiger partial charge in [0.1, 0.15) is 0 Å². The first-order valence-corrected chi connectivity index (χ1v) is 7.43. The van der Waals surface area contributed by atoms with E-state index in [1.807, 2.05) is 45.3 Å². The number of nitrogens with one attached hydrogen (secondary N) is 1. The Kier molecular flexibility index (Phi) is 5.51. The third kappa shape index (κ3) is 3.64. The number of nitrogens with zero attached hydrogens (tertiary/aromatic N) is 3. The van der Waals surface area contributed by atoms with E-state index in [0.29, 0.717) is 23.5 Å². The molecule has 2 rings (SSSR count). The molecule has 0 aliphatic rings. The molecule has 2 aromatic rings. The molecule has 0 radical (unpaired) electrons. The molecule has 1 aromatic heterocycles. The van der Waals surface area contributed by atoms with Crippen molar-refractivity contribution in [2.45, 2.75) is 13.0 Å². The molecule has 0 saturated carbocycles. The molecule has 1 aromatic carbocycles. The first-order valence-electron chi connectivity index (χ1n) is 7.43. The predicted octanol–water partition coefficient (Wildman–Crippen LogP) is 1.58. The van der Waals surface area contributed by atoms with Gasteiger partial charge in [0.25, 0.3) is 5.56 Å². The Labute approximate surface area is 130 Å². The molecule has 0 spiro atoms. The molecule has 1 atom stereocenters. The normalized spacial score (nSPS) is 12.8. The molecule has 1 heterocycles. The first-order chi connectivity index (χ1) is 10.5. The average Bonchev–Trinajstić information content (AvgIpc) is 2.47. The third-order valence-corrected chi connectivity index (χ3v) is 3.50. The summed E-state index contributed by atoms with van der Waals surface area (Å²) in [5.41, 5.74) is 0.670. The number of rotatable bonds is 7.